The second-order valence-electron chi connectivity index (χ2n) is 5.82. The van der Waals surface area contributed by atoms with Gasteiger partial charge in [-0.1, -0.05) is 60.7 Å². The Hall–Kier alpha value is -2.09. The second-order valence-corrected chi connectivity index (χ2v) is 5.82. The summed E-state index contributed by atoms with van der Waals surface area (Å²) in [6.45, 7) is 0.717. The van der Waals surface area contributed by atoms with Crippen LogP contribution < -0.4 is 5.32 Å². The first-order valence-corrected chi connectivity index (χ1v) is 7.69. The Morgan fingerprint density at radius 3 is 2.24 bits per heavy atom. The molecule has 1 aliphatic rings. The topological polar surface area (TPSA) is 29.1 Å². The van der Waals surface area contributed by atoms with Crippen molar-refractivity contribution in [3.05, 3.63) is 71.8 Å². The van der Waals surface area contributed by atoms with Crippen molar-refractivity contribution < 1.29 is 4.79 Å². The molecule has 21 heavy (non-hydrogen) atoms. The summed E-state index contributed by atoms with van der Waals surface area (Å²) < 4.78 is 0. The molecule has 1 aliphatic carbocycles. The van der Waals surface area contributed by atoms with Gasteiger partial charge in [0.05, 0.1) is 0 Å². The van der Waals surface area contributed by atoms with E-state index in [0.29, 0.717) is 12.5 Å². The van der Waals surface area contributed by atoms with Gasteiger partial charge >= 0.3 is 0 Å². The van der Waals surface area contributed by atoms with Gasteiger partial charge < -0.3 is 5.32 Å². The molecule has 0 saturated heterocycles. The third-order valence-corrected chi connectivity index (χ3v) is 4.07. The number of rotatable bonds is 6. The quantitative estimate of drug-likeness (QED) is 0.861. The second kappa shape index (κ2) is 6.57. The molecule has 0 aromatic heterocycles. The number of hydrogen-bond acceptors (Lipinski definition) is 1. The third kappa shape index (κ3) is 3.94. The van der Waals surface area contributed by atoms with Crippen LogP contribution in [0.1, 0.15) is 29.9 Å². The predicted octanol–water partition coefficient (Wildman–Crippen LogP) is 3.54. The molecule has 108 valence electrons. The number of benzene rings is 2. The molecule has 1 fully saturated rings. The van der Waals surface area contributed by atoms with Crippen LogP contribution in [0.25, 0.3) is 0 Å². The minimum atomic E-state index is 0.226. The van der Waals surface area contributed by atoms with Crippen molar-refractivity contribution in [2.75, 3.05) is 6.54 Å². The van der Waals surface area contributed by atoms with Gasteiger partial charge in [0.1, 0.15) is 0 Å². The zero-order valence-electron chi connectivity index (χ0n) is 12.2. The fourth-order valence-electron chi connectivity index (χ4n) is 2.65. The maximum atomic E-state index is 11.9. The van der Waals surface area contributed by atoms with Crippen molar-refractivity contribution in [3.8, 4) is 0 Å². The first-order chi connectivity index (χ1) is 10.3. The van der Waals surface area contributed by atoms with E-state index in [2.05, 4.69) is 53.8 Å². The van der Waals surface area contributed by atoms with Gasteiger partial charge in [0, 0.05) is 18.4 Å². The lowest BCUT2D eigenvalue weighted by atomic mass is 9.92. The summed E-state index contributed by atoms with van der Waals surface area (Å²) in [7, 11) is 0. The van der Waals surface area contributed by atoms with Crippen LogP contribution in [0.2, 0.25) is 0 Å². The highest BCUT2D eigenvalue weighted by molar-refractivity contribution is 5.80. The number of carbonyl (C=O) groups excluding carboxylic acids is 1. The largest absolute Gasteiger partial charge is 0.355 e. The highest BCUT2D eigenvalue weighted by Crippen LogP contribution is 2.29. The van der Waals surface area contributed by atoms with E-state index in [1.165, 1.54) is 11.1 Å². The smallest absolute Gasteiger partial charge is 0.223 e. The predicted molar refractivity (Wildman–Crippen MR) is 85.1 cm³/mol. The van der Waals surface area contributed by atoms with Gasteiger partial charge in [-0.25, -0.2) is 0 Å². The standard InChI is InChI=1S/C19H21NO/c21-19(17-11-12-17)20-14-18(16-9-5-2-6-10-16)13-15-7-3-1-4-8-15/h1-10,17-18H,11-14H2,(H,20,21). The molecule has 0 heterocycles. The van der Waals surface area contributed by atoms with Crippen molar-refractivity contribution in [1.29, 1.82) is 0 Å². The zero-order chi connectivity index (χ0) is 14.5. The maximum Gasteiger partial charge on any atom is 0.223 e. The minimum absolute atomic E-state index is 0.226. The number of nitrogens with one attached hydrogen (secondary N) is 1. The van der Waals surface area contributed by atoms with Crippen LogP contribution in [0.5, 0.6) is 0 Å². The van der Waals surface area contributed by atoms with E-state index in [4.69, 9.17) is 0 Å². The molecule has 3 rings (SSSR count). The molecule has 1 unspecified atom stereocenters. The van der Waals surface area contributed by atoms with Crippen molar-refractivity contribution in [2.24, 2.45) is 5.92 Å². The van der Waals surface area contributed by atoms with Crippen LogP contribution in [-0.4, -0.2) is 12.5 Å². The highest BCUT2D eigenvalue weighted by Gasteiger charge is 2.29. The van der Waals surface area contributed by atoms with Gasteiger partial charge in [-0.05, 0) is 30.4 Å². The fourth-order valence-corrected chi connectivity index (χ4v) is 2.65. The Morgan fingerprint density at radius 2 is 1.62 bits per heavy atom. The van der Waals surface area contributed by atoms with Crippen LogP contribution in [0.15, 0.2) is 60.7 Å². The summed E-state index contributed by atoms with van der Waals surface area (Å²) in [5.41, 5.74) is 2.60. The average molecular weight is 279 g/mol. The molecule has 2 nitrogen and oxygen atoms in total. The highest BCUT2D eigenvalue weighted by atomic mass is 16.2. The molecule has 1 N–H and O–H groups in total. The summed E-state index contributed by atoms with van der Waals surface area (Å²) in [5, 5.41) is 3.12. The van der Waals surface area contributed by atoms with E-state index in [0.717, 1.165) is 19.3 Å². The van der Waals surface area contributed by atoms with Crippen LogP contribution in [0, 0.1) is 5.92 Å². The van der Waals surface area contributed by atoms with E-state index < -0.39 is 0 Å². The molecule has 0 bridgehead atoms. The van der Waals surface area contributed by atoms with Crippen molar-refractivity contribution in [1.82, 2.24) is 5.32 Å². The van der Waals surface area contributed by atoms with Gasteiger partial charge in [-0.2, -0.15) is 0 Å². The van der Waals surface area contributed by atoms with Crippen LogP contribution in [-0.2, 0) is 11.2 Å². The van der Waals surface area contributed by atoms with Gasteiger partial charge in [0.2, 0.25) is 5.91 Å². The normalized spacial score (nSPS) is 15.4. The summed E-state index contributed by atoms with van der Waals surface area (Å²) in [4.78, 5) is 11.9. The van der Waals surface area contributed by atoms with Crippen molar-refractivity contribution in [3.63, 3.8) is 0 Å². The van der Waals surface area contributed by atoms with E-state index in [-0.39, 0.29) is 11.8 Å². The maximum absolute atomic E-state index is 11.9. The van der Waals surface area contributed by atoms with Gasteiger partial charge in [-0.3, -0.25) is 4.79 Å². The molecule has 0 spiro atoms. The number of carbonyl (C=O) groups is 1. The molecule has 2 heteroatoms. The van der Waals surface area contributed by atoms with Gasteiger partial charge in [-0.15, -0.1) is 0 Å². The van der Waals surface area contributed by atoms with Crippen LogP contribution in [0.4, 0.5) is 0 Å². The number of hydrogen-bond donors (Lipinski definition) is 1. The zero-order valence-corrected chi connectivity index (χ0v) is 12.2. The Labute approximate surface area is 126 Å². The van der Waals surface area contributed by atoms with Crippen LogP contribution in [0.3, 0.4) is 0 Å². The molecule has 1 saturated carbocycles. The van der Waals surface area contributed by atoms with E-state index in [9.17, 15) is 4.79 Å². The average Bonchev–Trinajstić information content (AvgIpc) is 3.38. The number of amides is 1. The van der Waals surface area contributed by atoms with Gasteiger partial charge in [0.15, 0.2) is 0 Å². The van der Waals surface area contributed by atoms with E-state index in [1.807, 2.05) is 12.1 Å². The first kappa shape index (κ1) is 13.9. The monoisotopic (exact) mass is 279 g/mol. The molecule has 0 radical (unpaired) electrons. The molecule has 2 aromatic rings. The molecule has 1 atom stereocenters. The Balaban J connectivity index is 1.69. The Bertz CT molecular complexity index is 575. The lowest BCUT2D eigenvalue weighted by Gasteiger charge is -2.18. The molecule has 0 aliphatic heterocycles. The first-order valence-electron chi connectivity index (χ1n) is 7.69. The SMILES string of the molecule is O=C(NCC(Cc1ccccc1)c1ccccc1)C1CC1. The summed E-state index contributed by atoms with van der Waals surface area (Å²) in [6, 6.07) is 20.9. The van der Waals surface area contributed by atoms with E-state index in [1.54, 1.807) is 0 Å². The molecular weight excluding hydrogens is 258 g/mol. The Morgan fingerprint density at radius 1 is 1.00 bits per heavy atom. The Kier molecular flexibility index (Phi) is 4.34. The lowest BCUT2D eigenvalue weighted by molar-refractivity contribution is -0.122. The fraction of sp³-hybridized carbons (Fsp3) is 0.316. The summed E-state index contributed by atoms with van der Waals surface area (Å²) >= 11 is 0. The summed E-state index contributed by atoms with van der Waals surface area (Å²) in [6.07, 6.45) is 3.07. The minimum Gasteiger partial charge on any atom is -0.355 e. The van der Waals surface area contributed by atoms with Crippen molar-refractivity contribution in [2.45, 2.75) is 25.2 Å². The van der Waals surface area contributed by atoms with Crippen LogP contribution >= 0.6 is 0 Å². The molecular formula is C19H21NO. The van der Waals surface area contributed by atoms with E-state index >= 15 is 0 Å². The van der Waals surface area contributed by atoms with Gasteiger partial charge in [0.25, 0.3) is 0 Å². The molecule has 2 aromatic carbocycles. The van der Waals surface area contributed by atoms with Crippen molar-refractivity contribution >= 4 is 5.91 Å². The summed E-state index contributed by atoms with van der Waals surface area (Å²) in [5.74, 6) is 0.832. The molecule has 1 amide bonds. The third-order valence-electron chi connectivity index (χ3n) is 4.07. The lowest BCUT2D eigenvalue weighted by Crippen LogP contribution is -2.30.